The summed E-state index contributed by atoms with van der Waals surface area (Å²) < 4.78 is 2.40. The van der Waals surface area contributed by atoms with Crippen LogP contribution in [0.2, 0.25) is 0 Å². The van der Waals surface area contributed by atoms with Gasteiger partial charge in [-0.25, -0.2) is 4.98 Å². The molecule has 4 nitrogen and oxygen atoms in total. The highest BCUT2D eigenvalue weighted by atomic mass is 15.1. The molecule has 0 radical (unpaired) electrons. The largest absolute Gasteiger partial charge is 0.327 e. The zero-order valence-electron chi connectivity index (χ0n) is 11.9. The lowest BCUT2D eigenvalue weighted by Crippen LogP contribution is -2.17. The van der Waals surface area contributed by atoms with E-state index in [1.165, 1.54) is 28.2 Å². The molecule has 0 amide bonds. The number of nitrogens with one attached hydrogen (secondary N) is 1. The molecule has 20 heavy (non-hydrogen) atoms. The standard InChI is InChI=1S/C16H20N4/c1-19-10-12-3-2-4-13(14(12)11-19)15-9-18-16-5-6-17-7-8-20(15)16/h2-4,9,17H,5-8,10-11H2,1H3. The van der Waals surface area contributed by atoms with Crippen molar-refractivity contribution in [1.82, 2.24) is 19.8 Å². The average molecular weight is 268 g/mol. The highest BCUT2D eigenvalue weighted by Crippen LogP contribution is 2.32. The maximum absolute atomic E-state index is 4.65. The Morgan fingerprint density at radius 1 is 1.20 bits per heavy atom. The molecule has 1 N–H and O–H groups in total. The van der Waals surface area contributed by atoms with E-state index in [0.717, 1.165) is 39.1 Å². The minimum atomic E-state index is 1.02. The van der Waals surface area contributed by atoms with Gasteiger partial charge in [0.2, 0.25) is 0 Å². The predicted molar refractivity (Wildman–Crippen MR) is 79.4 cm³/mol. The third-order valence-corrected chi connectivity index (χ3v) is 4.39. The topological polar surface area (TPSA) is 33.1 Å². The van der Waals surface area contributed by atoms with E-state index < -0.39 is 0 Å². The van der Waals surface area contributed by atoms with E-state index in [1.54, 1.807) is 0 Å². The first-order chi connectivity index (χ1) is 9.83. The smallest absolute Gasteiger partial charge is 0.110 e. The van der Waals surface area contributed by atoms with Crippen LogP contribution < -0.4 is 5.32 Å². The second-order valence-electron chi connectivity index (χ2n) is 5.83. The van der Waals surface area contributed by atoms with E-state index in [2.05, 4.69) is 51.2 Å². The van der Waals surface area contributed by atoms with Crippen molar-refractivity contribution in [2.24, 2.45) is 0 Å². The minimum Gasteiger partial charge on any atom is -0.327 e. The summed E-state index contributed by atoms with van der Waals surface area (Å²) in [6.07, 6.45) is 3.09. The Balaban J connectivity index is 1.83. The molecular formula is C16H20N4. The highest BCUT2D eigenvalue weighted by Gasteiger charge is 2.22. The van der Waals surface area contributed by atoms with Gasteiger partial charge in [-0.1, -0.05) is 18.2 Å². The van der Waals surface area contributed by atoms with Gasteiger partial charge in [0, 0.05) is 44.7 Å². The Morgan fingerprint density at radius 2 is 2.15 bits per heavy atom. The number of aromatic nitrogens is 2. The molecule has 0 atom stereocenters. The summed E-state index contributed by atoms with van der Waals surface area (Å²) in [7, 11) is 2.19. The first-order valence-corrected chi connectivity index (χ1v) is 7.38. The molecule has 4 heteroatoms. The maximum atomic E-state index is 4.65. The van der Waals surface area contributed by atoms with Gasteiger partial charge in [0.1, 0.15) is 5.82 Å². The third kappa shape index (κ3) is 1.87. The molecule has 0 aliphatic carbocycles. The lowest BCUT2D eigenvalue weighted by atomic mass is 10.0. The summed E-state index contributed by atoms with van der Waals surface area (Å²) in [5.41, 5.74) is 5.60. The van der Waals surface area contributed by atoms with Crippen molar-refractivity contribution in [3.63, 3.8) is 0 Å². The monoisotopic (exact) mass is 268 g/mol. The van der Waals surface area contributed by atoms with Gasteiger partial charge < -0.3 is 9.88 Å². The molecule has 0 saturated carbocycles. The number of benzene rings is 1. The maximum Gasteiger partial charge on any atom is 0.110 e. The molecule has 0 unspecified atom stereocenters. The Labute approximate surface area is 119 Å². The molecule has 0 saturated heterocycles. The van der Waals surface area contributed by atoms with Gasteiger partial charge in [0.25, 0.3) is 0 Å². The van der Waals surface area contributed by atoms with E-state index in [1.807, 2.05) is 0 Å². The summed E-state index contributed by atoms with van der Waals surface area (Å²) in [4.78, 5) is 7.02. The van der Waals surface area contributed by atoms with Gasteiger partial charge in [-0.15, -0.1) is 0 Å². The van der Waals surface area contributed by atoms with E-state index in [-0.39, 0.29) is 0 Å². The van der Waals surface area contributed by atoms with Crippen molar-refractivity contribution in [2.45, 2.75) is 26.1 Å². The first-order valence-electron chi connectivity index (χ1n) is 7.38. The molecule has 2 aliphatic heterocycles. The van der Waals surface area contributed by atoms with Crippen LogP contribution in [-0.4, -0.2) is 34.6 Å². The molecule has 1 aromatic heterocycles. The summed E-state index contributed by atoms with van der Waals surface area (Å²) in [6.45, 7) is 5.19. The highest BCUT2D eigenvalue weighted by molar-refractivity contribution is 5.66. The molecule has 3 heterocycles. The zero-order chi connectivity index (χ0) is 13.5. The lowest BCUT2D eigenvalue weighted by molar-refractivity contribution is 0.353. The summed E-state index contributed by atoms with van der Waals surface area (Å²) in [5, 5.41) is 3.45. The molecule has 1 aromatic carbocycles. The number of hydrogen-bond acceptors (Lipinski definition) is 3. The normalized spacial score (nSPS) is 18.6. The Morgan fingerprint density at radius 3 is 3.10 bits per heavy atom. The average Bonchev–Trinajstić information content (AvgIpc) is 2.93. The van der Waals surface area contributed by atoms with Gasteiger partial charge in [-0.05, 0) is 18.2 Å². The van der Waals surface area contributed by atoms with Crippen LogP contribution in [0.25, 0.3) is 11.3 Å². The van der Waals surface area contributed by atoms with Crippen molar-refractivity contribution in [1.29, 1.82) is 0 Å². The van der Waals surface area contributed by atoms with Gasteiger partial charge in [0.05, 0.1) is 11.9 Å². The van der Waals surface area contributed by atoms with E-state index in [9.17, 15) is 0 Å². The van der Waals surface area contributed by atoms with Crippen LogP contribution in [-0.2, 0) is 26.1 Å². The van der Waals surface area contributed by atoms with Crippen molar-refractivity contribution in [3.05, 3.63) is 41.3 Å². The Kier molecular flexibility index (Phi) is 2.86. The van der Waals surface area contributed by atoms with Crippen molar-refractivity contribution in [2.75, 3.05) is 20.1 Å². The van der Waals surface area contributed by atoms with Gasteiger partial charge in [-0.2, -0.15) is 0 Å². The van der Waals surface area contributed by atoms with Crippen molar-refractivity contribution < 1.29 is 0 Å². The summed E-state index contributed by atoms with van der Waals surface area (Å²) in [6, 6.07) is 6.69. The number of nitrogens with zero attached hydrogens (tertiary/aromatic N) is 3. The van der Waals surface area contributed by atoms with E-state index in [4.69, 9.17) is 0 Å². The molecule has 2 aliphatic rings. The third-order valence-electron chi connectivity index (χ3n) is 4.39. The minimum absolute atomic E-state index is 1.02. The SMILES string of the molecule is CN1Cc2cccc(-c3cnc4n3CCNCC4)c2C1. The fourth-order valence-corrected chi connectivity index (χ4v) is 3.42. The summed E-state index contributed by atoms with van der Waals surface area (Å²) in [5.74, 6) is 1.22. The number of rotatable bonds is 1. The molecule has 0 bridgehead atoms. The van der Waals surface area contributed by atoms with Crippen LogP contribution in [0.3, 0.4) is 0 Å². The van der Waals surface area contributed by atoms with Crippen LogP contribution in [0, 0.1) is 0 Å². The van der Waals surface area contributed by atoms with Gasteiger partial charge in [0.15, 0.2) is 0 Å². The Hall–Kier alpha value is -1.65. The quantitative estimate of drug-likeness (QED) is 0.853. The molecule has 0 spiro atoms. The van der Waals surface area contributed by atoms with Crippen LogP contribution in [0.15, 0.2) is 24.4 Å². The molecular weight excluding hydrogens is 248 g/mol. The fraction of sp³-hybridized carbons (Fsp3) is 0.438. The van der Waals surface area contributed by atoms with Gasteiger partial charge >= 0.3 is 0 Å². The predicted octanol–water partition coefficient (Wildman–Crippen LogP) is 1.64. The van der Waals surface area contributed by atoms with Crippen molar-refractivity contribution in [3.8, 4) is 11.3 Å². The lowest BCUT2D eigenvalue weighted by Gasteiger charge is -2.12. The molecule has 4 rings (SSSR count). The van der Waals surface area contributed by atoms with E-state index >= 15 is 0 Å². The van der Waals surface area contributed by atoms with Crippen LogP contribution in [0.4, 0.5) is 0 Å². The molecule has 104 valence electrons. The van der Waals surface area contributed by atoms with Crippen LogP contribution in [0.5, 0.6) is 0 Å². The summed E-state index contributed by atoms with van der Waals surface area (Å²) >= 11 is 0. The Bertz CT molecular complexity index is 644. The van der Waals surface area contributed by atoms with Gasteiger partial charge in [-0.3, -0.25) is 4.90 Å². The van der Waals surface area contributed by atoms with Crippen molar-refractivity contribution >= 4 is 0 Å². The zero-order valence-corrected chi connectivity index (χ0v) is 11.9. The van der Waals surface area contributed by atoms with Crippen LogP contribution >= 0.6 is 0 Å². The fourth-order valence-electron chi connectivity index (χ4n) is 3.42. The second-order valence-corrected chi connectivity index (χ2v) is 5.83. The second kappa shape index (κ2) is 4.72. The van der Waals surface area contributed by atoms with Crippen LogP contribution in [0.1, 0.15) is 17.0 Å². The first kappa shape index (κ1) is 12.1. The number of imidazole rings is 1. The molecule has 2 aromatic rings. The number of hydrogen-bond donors (Lipinski definition) is 1. The number of fused-ring (bicyclic) bond motifs is 2. The molecule has 0 fully saturated rings. The van der Waals surface area contributed by atoms with E-state index in [0.29, 0.717) is 0 Å².